The number of Topliss-reactive ketones (excluding diaryl/α,β-unsaturated/α-hetero) is 1. The van der Waals surface area contributed by atoms with Gasteiger partial charge in [0.15, 0.2) is 0 Å². The molecule has 0 saturated heterocycles. The number of hydrogen-bond acceptors (Lipinski definition) is 6. The van der Waals surface area contributed by atoms with E-state index in [-0.39, 0.29) is 41.8 Å². The van der Waals surface area contributed by atoms with Crippen molar-refractivity contribution in [3.63, 3.8) is 0 Å². The van der Waals surface area contributed by atoms with E-state index >= 15 is 0 Å². The average molecular weight is 534 g/mol. The van der Waals surface area contributed by atoms with E-state index < -0.39 is 18.1 Å². The Kier molecular flexibility index (Phi) is 14.6. The Morgan fingerprint density at radius 2 is 1.84 bits per heavy atom. The fourth-order valence-electron chi connectivity index (χ4n) is 4.80. The van der Waals surface area contributed by atoms with Crippen molar-refractivity contribution in [3.05, 3.63) is 46.6 Å². The fourth-order valence-corrected chi connectivity index (χ4v) is 5.45. The predicted octanol–water partition coefficient (Wildman–Crippen LogP) is 6.97. The second kappa shape index (κ2) is 16.2. The van der Waals surface area contributed by atoms with Crippen molar-refractivity contribution >= 4 is 23.5 Å². The molecule has 0 aromatic carbocycles. The third-order valence-corrected chi connectivity index (χ3v) is 8.63. The monoisotopic (exact) mass is 533 g/mol. The highest BCUT2D eigenvalue weighted by molar-refractivity contribution is 8.02. The molecule has 1 aliphatic heterocycles. The molecule has 1 rings (SSSR count). The van der Waals surface area contributed by atoms with E-state index in [4.69, 9.17) is 10.5 Å². The van der Waals surface area contributed by atoms with Crippen LogP contribution in [0.15, 0.2) is 46.6 Å². The molecule has 0 spiro atoms. The molecule has 1 aliphatic rings. The van der Waals surface area contributed by atoms with Gasteiger partial charge in [0.2, 0.25) is 0 Å². The third-order valence-electron chi connectivity index (χ3n) is 7.42. The number of ether oxygens (including phenoxy) is 1. The van der Waals surface area contributed by atoms with Crippen LogP contribution in [0.1, 0.15) is 88.0 Å². The highest BCUT2D eigenvalue weighted by Gasteiger charge is 2.36. The average Bonchev–Trinajstić information content (AvgIpc) is 2.82. The van der Waals surface area contributed by atoms with Crippen LogP contribution in [0.2, 0.25) is 0 Å². The number of aliphatic hydroxyl groups excluding tert-OH is 1. The fraction of sp³-hybridized carbons (Fsp3) is 0.677. The summed E-state index contributed by atoms with van der Waals surface area (Å²) in [6.45, 7) is 18.0. The molecule has 7 atom stereocenters. The molecular weight excluding hydrogens is 482 g/mol. The van der Waals surface area contributed by atoms with E-state index in [1.54, 1.807) is 11.8 Å². The summed E-state index contributed by atoms with van der Waals surface area (Å²) in [5, 5.41) is 13.3. The molecule has 0 aliphatic carbocycles. The number of cyclic esters (lactones) is 1. The lowest BCUT2D eigenvalue weighted by atomic mass is 9.73. The van der Waals surface area contributed by atoms with Crippen LogP contribution < -0.4 is 5.73 Å². The minimum atomic E-state index is -0.732. The topological polar surface area (TPSA) is 89.6 Å². The number of thioether (sulfide) groups is 1. The van der Waals surface area contributed by atoms with Gasteiger partial charge in [-0.15, -0.1) is 11.8 Å². The van der Waals surface area contributed by atoms with Gasteiger partial charge in [-0.3, -0.25) is 9.59 Å². The molecule has 0 aromatic rings. The van der Waals surface area contributed by atoms with E-state index in [1.165, 1.54) is 0 Å². The maximum atomic E-state index is 13.5. The molecule has 0 saturated carbocycles. The Morgan fingerprint density at radius 3 is 2.43 bits per heavy atom. The van der Waals surface area contributed by atoms with Crippen molar-refractivity contribution in [1.82, 2.24) is 0 Å². The number of rotatable bonds is 6. The van der Waals surface area contributed by atoms with E-state index in [0.29, 0.717) is 23.8 Å². The van der Waals surface area contributed by atoms with Crippen molar-refractivity contribution < 1.29 is 19.4 Å². The molecule has 0 bridgehead atoms. The Balaban J connectivity index is 3.32. The van der Waals surface area contributed by atoms with Crippen LogP contribution in [0, 0.1) is 29.6 Å². The van der Waals surface area contributed by atoms with Gasteiger partial charge in [0.1, 0.15) is 11.9 Å². The number of hydrogen-bond donors (Lipinski definition) is 2. The third kappa shape index (κ3) is 11.2. The predicted molar refractivity (Wildman–Crippen MR) is 157 cm³/mol. The molecule has 0 fully saturated rings. The van der Waals surface area contributed by atoms with E-state index in [0.717, 1.165) is 17.6 Å². The largest absolute Gasteiger partial charge is 0.457 e. The zero-order chi connectivity index (χ0) is 28.3. The van der Waals surface area contributed by atoms with Crippen LogP contribution in [0.4, 0.5) is 0 Å². The Hall–Kier alpha value is -1.79. The number of ketones is 1. The normalized spacial score (nSPS) is 33.0. The van der Waals surface area contributed by atoms with Gasteiger partial charge in [0.05, 0.1) is 6.10 Å². The van der Waals surface area contributed by atoms with Gasteiger partial charge in [0, 0.05) is 35.6 Å². The van der Waals surface area contributed by atoms with Crippen LogP contribution >= 0.6 is 11.8 Å². The number of allylic oxidation sites excluding steroid dienone is 4. The minimum Gasteiger partial charge on any atom is -0.457 e. The number of nitrogens with two attached hydrogens (primary N) is 1. The summed E-state index contributed by atoms with van der Waals surface area (Å²) in [7, 11) is 0. The molecule has 0 amide bonds. The summed E-state index contributed by atoms with van der Waals surface area (Å²) >= 11 is 1.69. The number of esters is 1. The summed E-state index contributed by atoms with van der Waals surface area (Å²) in [4.78, 5) is 26.6. The lowest BCUT2D eigenvalue weighted by molar-refractivity contribution is -0.149. The highest BCUT2D eigenvalue weighted by Crippen LogP contribution is 2.31. The minimum absolute atomic E-state index is 0.0196. The molecule has 37 heavy (non-hydrogen) atoms. The standard InChI is InChI=1S/C31H51NO4S/c1-10-24(8)37-18-26(32)16-22(6)27-15-14-20(4)12-11-13-21(5)30(34)25(9)31(35)29(19(2)3)23(7)17-28(33)36-27/h11-12,14,16,18-19,21,23-25,27,29-30,34H,10,13,15,17,32H2,1-9H3/b12-11+,20-14-,22-16+,26-18-/t21-,23-,24?,25+,27-,29?,30-/m0/s1. The molecule has 2 unspecified atom stereocenters. The molecule has 0 radical (unpaired) electrons. The van der Waals surface area contributed by atoms with Gasteiger partial charge < -0.3 is 15.6 Å². The van der Waals surface area contributed by atoms with E-state index in [1.807, 2.05) is 72.1 Å². The molecule has 0 aromatic heterocycles. The van der Waals surface area contributed by atoms with Crippen LogP contribution in [-0.2, 0) is 14.3 Å². The zero-order valence-corrected chi connectivity index (χ0v) is 25.3. The maximum Gasteiger partial charge on any atom is 0.306 e. The highest BCUT2D eigenvalue weighted by atomic mass is 32.2. The maximum absolute atomic E-state index is 13.5. The summed E-state index contributed by atoms with van der Waals surface area (Å²) in [6.07, 6.45) is 9.27. The lowest BCUT2D eigenvalue weighted by Crippen LogP contribution is -2.39. The first-order valence-electron chi connectivity index (χ1n) is 13.8. The Bertz CT molecular complexity index is 872. The number of aliphatic hydroxyl groups is 1. The first kappa shape index (κ1) is 33.2. The van der Waals surface area contributed by atoms with Gasteiger partial charge in [-0.2, -0.15) is 0 Å². The Labute approximate surface area is 230 Å². The van der Waals surface area contributed by atoms with Crippen molar-refractivity contribution in [2.24, 2.45) is 35.3 Å². The second-order valence-electron chi connectivity index (χ2n) is 11.3. The van der Waals surface area contributed by atoms with Crippen molar-refractivity contribution in [3.8, 4) is 0 Å². The van der Waals surface area contributed by atoms with E-state index in [2.05, 4.69) is 19.9 Å². The molecule has 3 N–H and O–H groups in total. The number of carbonyl (C=O) groups is 2. The first-order chi connectivity index (χ1) is 17.3. The lowest BCUT2D eigenvalue weighted by Gasteiger charge is -2.32. The van der Waals surface area contributed by atoms with Crippen LogP contribution in [0.5, 0.6) is 0 Å². The summed E-state index contributed by atoms with van der Waals surface area (Å²) in [6, 6.07) is 0. The quantitative estimate of drug-likeness (QED) is 0.283. The van der Waals surface area contributed by atoms with Gasteiger partial charge >= 0.3 is 5.97 Å². The second-order valence-corrected chi connectivity index (χ2v) is 12.6. The van der Waals surface area contributed by atoms with Crippen LogP contribution in [0.25, 0.3) is 0 Å². The Morgan fingerprint density at radius 1 is 1.19 bits per heavy atom. The van der Waals surface area contributed by atoms with E-state index in [9.17, 15) is 14.7 Å². The summed E-state index contributed by atoms with van der Waals surface area (Å²) in [5.74, 6) is -1.33. The molecule has 210 valence electrons. The SMILES string of the molecule is CCC(C)S/C=C(N)/C=C(\C)[C@@H]1C/C=C(C)\C=C\C[C@H](C)[C@H](O)[C@@H](C)C(=O)C(C(C)C)[C@@H](C)CC(=O)O1. The van der Waals surface area contributed by atoms with Crippen molar-refractivity contribution in [2.45, 2.75) is 105 Å². The van der Waals surface area contributed by atoms with Gasteiger partial charge in [-0.1, -0.05) is 72.3 Å². The molecular formula is C31H51NO4S. The molecule has 1 heterocycles. The van der Waals surface area contributed by atoms with Gasteiger partial charge in [-0.05, 0) is 61.5 Å². The first-order valence-corrected chi connectivity index (χ1v) is 14.8. The van der Waals surface area contributed by atoms with Crippen molar-refractivity contribution in [2.75, 3.05) is 0 Å². The molecule has 6 heteroatoms. The molecule has 5 nitrogen and oxygen atoms in total. The van der Waals surface area contributed by atoms with Gasteiger partial charge in [0.25, 0.3) is 0 Å². The van der Waals surface area contributed by atoms with Crippen LogP contribution in [-0.4, -0.2) is 34.3 Å². The smallest absolute Gasteiger partial charge is 0.306 e. The summed E-state index contributed by atoms with van der Waals surface area (Å²) in [5.41, 5.74) is 8.83. The van der Waals surface area contributed by atoms with Crippen molar-refractivity contribution in [1.29, 1.82) is 0 Å². The van der Waals surface area contributed by atoms with Gasteiger partial charge in [-0.25, -0.2) is 0 Å². The summed E-state index contributed by atoms with van der Waals surface area (Å²) < 4.78 is 5.98. The van der Waals surface area contributed by atoms with Crippen LogP contribution in [0.3, 0.4) is 0 Å². The zero-order valence-electron chi connectivity index (χ0n) is 24.5. The number of carbonyl (C=O) groups excluding carboxylic acids is 2.